The van der Waals surface area contributed by atoms with Crippen molar-refractivity contribution in [1.82, 2.24) is 4.31 Å². The highest BCUT2D eigenvalue weighted by Gasteiger charge is 2.32. The molecular weight excluding hydrogens is 404 g/mol. The molecule has 0 spiro atoms. The molecule has 0 aromatic heterocycles. The molecule has 0 heterocycles. The predicted molar refractivity (Wildman–Crippen MR) is 115 cm³/mol. The fraction of sp³-hybridized carbons (Fsp3) is 0.455. The number of nitrogens with zero attached hydrogens (tertiary/aromatic N) is 1. The molecule has 0 aliphatic heterocycles. The first-order chi connectivity index (χ1) is 14.2. The summed E-state index contributed by atoms with van der Waals surface area (Å²) in [5.74, 6) is -0.549. The first-order valence-corrected chi connectivity index (χ1v) is 11.7. The summed E-state index contributed by atoms with van der Waals surface area (Å²) in [6, 6.07) is 3.87. The van der Waals surface area contributed by atoms with Crippen molar-refractivity contribution >= 4 is 27.4 Å². The summed E-state index contributed by atoms with van der Waals surface area (Å²) in [4.78, 5) is 25.4. The minimum Gasteiger partial charge on any atom is -0.506 e. The minimum absolute atomic E-state index is 0.00279. The fourth-order valence-electron chi connectivity index (χ4n) is 4.17. The van der Waals surface area contributed by atoms with Crippen molar-refractivity contribution in [1.29, 1.82) is 0 Å². The number of Topliss-reactive ketones (excluding diaryl/α,β-unsaturated/α-hetero) is 1. The molecule has 1 aromatic rings. The Morgan fingerprint density at radius 3 is 2.50 bits per heavy atom. The van der Waals surface area contributed by atoms with Crippen LogP contribution in [0.25, 0.3) is 0 Å². The summed E-state index contributed by atoms with van der Waals surface area (Å²) in [5.41, 5.74) is 2.92. The maximum Gasteiger partial charge on any atom is 0.252 e. The number of allylic oxidation sites excluding steroid dienone is 3. The number of benzene rings is 1. The molecule has 162 valence electrons. The van der Waals surface area contributed by atoms with Gasteiger partial charge in [-0.15, -0.1) is 0 Å². The number of carbonyl (C=O) groups is 2. The molecule has 1 saturated carbocycles. The molecule has 30 heavy (non-hydrogen) atoms. The van der Waals surface area contributed by atoms with Gasteiger partial charge in [-0.05, 0) is 56.4 Å². The molecule has 2 aliphatic carbocycles. The molecular formula is C22H28N2O5S. The molecule has 0 bridgehead atoms. The molecule has 0 saturated heterocycles. The second-order valence-electron chi connectivity index (χ2n) is 7.64. The molecule has 7 nitrogen and oxygen atoms in total. The van der Waals surface area contributed by atoms with Crippen molar-refractivity contribution in [3.63, 3.8) is 0 Å². The second-order valence-corrected chi connectivity index (χ2v) is 9.58. The van der Waals surface area contributed by atoms with Crippen LogP contribution in [0.4, 0.5) is 5.69 Å². The lowest BCUT2D eigenvalue weighted by atomic mass is 9.99. The summed E-state index contributed by atoms with van der Waals surface area (Å²) in [6.45, 7) is 6.00. The zero-order valence-electron chi connectivity index (χ0n) is 17.6. The van der Waals surface area contributed by atoms with E-state index >= 15 is 0 Å². The van der Waals surface area contributed by atoms with Gasteiger partial charge >= 0.3 is 0 Å². The van der Waals surface area contributed by atoms with E-state index in [-0.39, 0.29) is 22.1 Å². The third kappa shape index (κ3) is 4.06. The van der Waals surface area contributed by atoms with Gasteiger partial charge in [0.1, 0.15) is 5.75 Å². The van der Waals surface area contributed by atoms with Gasteiger partial charge in [-0.3, -0.25) is 9.59 Å². The van der Waals surface area contributed by atoms with Crippen LogP contribution in [0.15, 0.2) is 45.4 Å². The van der Waals surface area contributed by atoms with Crippen molar-refractivity contribution in [2.75, 3.05) is 18.4 Å². The van der Waals surface area contributed by atoms with Crippen LogP contribution in [0.2, 0.25) is 0 Å². The van der Waals surface area contributed by atoms with Gasteiger partial charge in [0, 0.05) is 30.7 Å². The highest BCUT2D eigenvalue weighted by atomic mass is 32.2. The quantitative estimate of drug-likeness (QED) is 0.670. The van der Waals surface area contributed by atoms with E-state index in [1.807, 2.05) is 6.92 Å². The van der Waals surface area contributed by atoms with E-state index in [0.29, 0.717) is 43.5 Å². The number of nitrogens with one attached hydrogen (secondary N) is 1. The van der Waals surface area contributed by atoms with Crippen LogP contribution in [-0.4, -0.2) is 42.6 Å². The number of ketones is 1. The number of amides is 1. The highest BCUT2D eigenvalue weighted by Crippen LogP contribution is 2.39. The van der Waals surface area contributed by atoms with Gasteiger partial charge in [-0.2, -0.15) is 4.31 Å². The fourth-order valence-corrected chi connectivity index (χ4v) is 5.65. The van der Waals surface area contributed by atoms with Crippen molar-refractivity contribution in [2.24, 2.45) is 0 Å². The molecule has 2 N–H and O–H groups in total. The summed E-state index contributed by atoms with van der Waals surface area (Å²) in [7, 11) is -3.73. The topological polar surface area (TPSA) is 104 Å². The monoisotopic (exact) mass is 432 g/mol. The van der Waals surface area contributed by atoms with Crippen molar-refractivity contribution in [3.05, 3.63) is 40.5 Å². The summed E-state index contributed by atoms with van der Waals surface area (Å²) in [5, 5.41) is 12.9. The Bertz CT molecular complexity index is 1050. The van der Waals surface area contributed by atoms with Gasteiger partial charge < -0.3 is 10.4 Å². The predicted octanol–water partition coefficient (Wildman–Crippen LogP) is 3.52. The van der Waals surface area contributed by atoms with Gasteiger partial charge in [0.2, 0.25) is 10.0 Å². The van der Waals surface area contributed by atoms with Crippen LogP contribution in [0.1, 0.15) is 52.9 Å². The molecule has 8 heteroatoms. The Hall–Kier alpha value is -2.45. The lowest BCUT2D eigenvalue weighted by Gasteiger charge is -2.19. The normalized spacial score (nSPS) is 17.4. The molecule has 1 aromatic carbocycles. The van der Waals surface area contributed by atoms with Crippen molar-refractivity contribution in [3.8, 4) is 5.75 Å². The summed E-state index contributed by atoms with van der Waals surface area (Å²) < 4.78 is 26.9. The number of rotatable bonds is 6. The minimum atomic E-state index is -3.73. The lowest BCUT2D eigenvalue weighted by Crippen LogP contribution is -2.30. The number of carbonyl (C=O) groups excluding carboxylic acids is 2. The van der Waals surface area contributed by atoms with E-state index in [4.69, 9.17) is 0 Å². The van der Waals surface area contributed by atoms with E-state index in [1.54, 1.807) is 13.8 Å². The Labute approximate surface area is 177 Å². The van der Waals surface area contributed by atoms with Crippen molar-refractivity contribution < 1.29 is 23.1 Å². The SMILES string of the molecule is CCN(CC)S(=O)(=O)c1ccc(O)c(NC(=O)C2=C3CCCCC(=O)C3=C(C)C2)c1. The van der Waals surface area contributed by atoms with E-state index in [0.717, 1.165) is 24.0 Å². The van der Waals surface area contributed by atoms with Gasteiger partial charge in [0.15, 0.2) is 5.78 Å². The van der Waals surface area contributed by atoms with Crippen LogP contribution < -0.4 is 5.32 Å². The zero-order valence-corrected chi connectivity index (χ0v) is 18.4. The number of fused-ring (bicyclic) bond motifs is 1. The molecule has 3 rings (SSSR count). The average molecular weight is 433 g/mol. The van der Waals surface area contributed by atoms with Crippen LogP contribution >= 0.6 is 0 Å². The second kappa shape index (κ2) is 8.73. The van der Waals surface area contributed by atoms with Gasteiger partial charge in [-0.1, -0.05) is 19.4 Å². The van der Waals surface area contributed by atoms with Gasteiger partial charge in [0.25, 0.3) is 5.91 Å². The standard InChI is InChI=1S/C22H28N2O5S/c1-4-24(5-2)30(28,29)15-10-11-19(25)18(13-15)23-22(27)17-12-14(3)21-16(17)8-6-7-9-20(21)26/h10-11,13,25H,4-9,12H2,1-3H3,(H,23,27). The third-order valence-corrected chi connectivity index (χ3v) is 7.77. The molecule has 0 unspecified atom stereocenters. The Balaban J connectivity index is 1.92. The number of anilines is 1. The first-order valence-electron chi connectivity index (χ1n) is 10.3. The number of hydrogen-bond donors (Lipinski definition) is 2. The van der Waals surface area contributed by atoms with E-state index in [9.17, 15) is 23.1 Å². The maximum atomic E-state index is 13.0. The highest BCUT2D eigenvalue weighted by molar-refractivity contribution is 7.89. The Morgan fingerprint density at radius 2 is 1.83 bits per heavy atom. The lowest BCUT2D eigenvalue weighted by molar-refractivity contribution is -0.115. The van der Waals surface area contributed by atoms with Gasteiger partial charge in [-0.25, -0.2) is 8.42 Å². The number of phenolic OH excluding ortho intramolecular Hbond substituents is 1. The summed E-state index contributed by atoms with van der Waals surface area (Å²) in [6.07, 6.45) is 3.21. The van der Waals surface area contributed by atoms with Crippen LogP contribution in [0, 0.1) is 0 Å². The van der Waals surface area contributed by atoms with E-state index < -0.39 is 15.9 Å². The number of aromatic hydroxyl groups is 1. The summed E-state index contributed by atoms with van der Waals surface area (Å²) >= 11 is 0. The molecule has 0 radical (unpaired) electrons. The van der Waals surface area contributed by atoms with Crippen LogP contribution in [-0.2, 0) is 19.6 Å². The smallest absolute Gasteiger partial charge is 0.252 e. The number of hydrogen-bond acceptors (Lipinski definition) is 5. The van der Waals surface area contributed by atoms with Gasteiger partial charge in [0.05, 0.1) is 10.6 Å². The first kappa shape index (κ1) is 22.2. The van der Waals surface area contributed by atoms with Crippen LogP contribution in [0.5, 0.6) is 5.75 Å². The Morgan fingerprint density at radius 1 is 1.17 bits per heavy atom. The molecule has 2 aliphatic rings. The van der Waals surface area contributed by atoms with Crippen LogP contribution in [0.3, 0.4) is 0 Å². The maximum absolute atomic E-state index is 13.0. The molecule has 0 atom stereocenters. The third-order valence-electron chi connectivity index (χ3n) is 5.73. The van der Waals surface area contributed by atoms with E-state index in [2.05, 4.69) is 5.32 Å². The largest absolute Gasteiger partial charge is 0.506 e. The number of phenols is 1. The zero-order chi connectivity index (χ0) is 22.1. The molecule has 1 amide bonds. The molecule has 1 fully saturated rings. The number of sulfonamides is 1. The van der Waals surface area contributed by atoms with Crippen molar-refractivity contribution in [2.45, 2.75) is 57.8 Å². The average Bonchev–Trinajstić information content (AvgIpc) is 2.90. The Kier molecular flexibility index (Phi) is 6.47. The van der Waals surface area contributed by atoms with E-state index in [1.165, 1.54) is 22.5 Å².